The van der Waals surface area contributed by atoms with E-state index in [1.54, 1.807) is 0 Å². The molecule has 67 heavy (non-hydrogen) atoms. The van der Waals surface area contributed by atoms with E-state index in [4.69, 9.17) is 0 Å². The van der Waals surface area contributed by atoms with E-state index in [-0.39, 0.29) is 0 Å². The van der Waals surface area contributed by atoms with Gasteiger partial charge in [-0.2, -0.15) is 0 Å². The van der Waals surface area contributed by atoms with Crippen molar-refractivity contribution in [3.63, 3.8) is 0 Å². The van der Waals surface area contributed by atoms with E-state index in [0.717, 1.165) is 17.1 Å². The molecule has 0 radical (unpaired) electrons. The summed E-state index contributed by atoms with van der Waals surface area (Å²) in [5.41, 5.74) is 17.7. The van der Waals surface area contributed by atoms with E-state index >= 15 is 0 Å². The number of hydrogen-bond donors (Lipinski definition) is 0. The standard InChI is InChI=1S/C65H43NS/c1-5-18-44(19-6-1)47-26-17-27-52(37-47)65(61-31-16-15-30-57(61)60-40-48-24-13-14-25-49(48)41-62(60)65)53-32-34-58-59-35-33-55(43-64(59)67-63(58)42-53)66(54-28-11-4-12-29-54)56-38-50(45-20-7-2-8-21-45)36-51(39-56)46-22-9-3-10-23-46/h1-43H. The Kier molecular flexibility index (Phi) is 9.33. The summed E-state index contributed by atoms with van der Waals surface area (Å²) < 4.78 is 2.53. The van der Waals surface area contributed by atoms with Gasteiger partial charge in [0.1, 0.15) is 0 Å². The van der Waals surface area contributed by atoms with Gasteiger partial charge in [-0.05, 0) is 144 Å². The minimum Gasteiger partial charge on any atom is -0.310 e. The van der Waals surface area contributed by atoms with Crippen LogP contribution >= 0.6 is 11.3 Å². The van der Waals surface area contributed by atoms with Crippen molar-refractivity contribution in [2.45, 2.75) is 5.41 Å². The predicted octanol–water partition coefficient (Wildman–Crippen LogP) is 18.0. The zero-order chi connectivity index (χ0) is 44.3. The van der Waals surface area contributed by atoms with Crippen LogP contribution in [-0.4, -0.2) is 0 Å². The number of fused-ring (bicyclic) bond motifs is 7. The first-order valence-electron chi connectivity index (χ1n) is 23.1. The van der Waals surface area contributed by atoms with Gasteiger partial charge < -0.3 is 4.90 Å². The molecular weight excluding hydrogens is 827 g/mol. The fourth-order valence-corrected chi connectivity index (χ4v) is 12.0. The highest BCUT2D eigenvalue weighted by molar-refractivity contribution is 7.25. The number of rotatable bonds is 8. The van der Waals surface area contributed by atoms with Crippen LogP contribution in [0.3, 0.4) is 0 Å². The Balaban J connectivity index is 1.01. The zero-order valence-electron chi connectivity index (χ0n) is 36.7. The zero-order valence-corrected chi connectivity index (χ0v) is 37.5. The Hall–Kier alpha value is -8.30. The van der Waals surface area contributed by atoms with Crippen molar-refractivity contribution in [1.82, 2.24) is 0 Å². The van der Waals surface area contributed by atoms with E-state index in [1.165, 1.54) is 97.7 Å². The highest BCUT2D eigenvalue weighted by Crippen LogP contribution is 2.58. The van der Waals surface area contributed by atoms with Crippen molar-refractivity contribution in [2.75, 3.05) is 4.90 Å². The number of nitrogens with zero attached hydrogens (tertiary/aromatic N) is 1. The predicted molar refractivity (Wildman–Crippen MR) is 285 cm³/mol. The Morgan fingerprint density at radius 1 is 0.284 bits per heavy atom. The van der Waals surface area contributed by atoms with Crippen molar-refractivity contribution in [3.05, 3.63) is 283 Å². The van der Waals surface area contributed by atoms with E-state index in [1.807, 2.05) is 11.3 Å². The quantitative estimate of drug-likeness (QED) is 0.147. The first kappa shape index (κ1) is 39.1. The third kappa shape index (κ3) is 6.52. The minimum atomic E-state index is -0.555. The van der Waals surface area contributed by atoms with Crippen molar-refractivity contribution in [2.24, 2.45) is 0 Å². The van der Waals surface area contributed by atoms with Crippen molar-refractivity contribution >= 4 is 59.3 Å². The van der Waals surface area contributed by atoms with Crippen LogP contribution < -0.4 is 4.90 Å². The lowest BCUT2D eigenvalue weighted by molar-refractivity contribution is 0.771. The fourth-order valence-electron chi connectivity index (χ4n) is 10.8. The second kappa shape index (κ2) is 16.0. The van der Waals surface area contributed by atoms with Crippen LogP contribution in [0.15, 0.2) is 261 Å². The molecule has 1 aliphatic carbocycles. The molecule has 1 aliphatic rings. The molecular formula is C65H43NS. The summed E-state index contributed by atoms with van der Waals surface area (Å²) in [4.78, 5) is 2.42. The lowest BCUT2D eigenvalue weighted by atomic mass is 9.67. The largest absolute Gasteiger partial charge is 0.310 e. The van der Waals surface area contributed by atoms with Gasteiger partial charge in [0.05, 0.1) is 5.41 Å². The molecule has 1 heterocycles. The number of anilines is 3. The highest BCUT2D eigenvalue weighted by atomic mass is 32.1. The van der Waals surface area contributed by atoms with Crippen LogP contribution in [0.1, 0.15) is 22.3 Å². The van der Waals surface area contributed by atoms with E-state index < -0.39 is 5.41 Å². The summed E-state index contributed by atoms with van der Waals surface area (Å²) in [7, 11) is 0. The molecule has 1 atom stereocenters. The van der Waals surface area contributed by atoms with Gasteiger partial charge >= 0.3 is 0 Å². The molecule has 11 aromatic carbocycles. The molecule has 0 saturated carbocycles. The number of hydrogen-bond acceptors (Lipinski definition) is 2. The van der Waals surface area contributed by atoms with Gasteiger partial charge in [-0.1, -0.05) is 194 Å². The fraction of sp³-hybridized carbons (Fsp3) is 0.0154. The van der Waals surface area contributed by atoms with Crippen molar-refractivity contribution < 1.29 is 0 Å². The van der Waals surface area contributed by atoms with Gasteiger partial charge in [0.15, 0.2) is 0 Å². The maximum absolute atomic E-state index is 2.50. The molecule has 0 N–H and O–H groups in total. The van der Waals surface area contributed by atoms with E-state index in [2.05, 4.69) is 266 Å². The van der Waals surface area contributed by atoms with Gasteiger partial charge in [-0.15, -0.1) is 11.3 Å². The third-order valence-corrected chi connectivity index (χ3v) is 15.0. The highest BCUT2D eigenvalue weighted by Gasteiger charge is 2.46. The smallest absolute Gasteiger partial charge is 0.0714 e. The Morgan fingerprint density at radius 2 is 0.821 bits per heavy atom. The van der Waals surface area contributed by atoms with Crippen LogP contribution in [0.2, 0.25) is 0 Å². The van der Waals surface area contributed by atoms with Gasteiger partial charge in [-0.3, -0.25) is 0 Å². The molecule has 0 spiro atoms. The lowest BCUT2D eigenvalue weighted by Crippen LogP contribution is -2.28. The SMILES string of the molecule is c1ccc(-c2cc(-c3ccccc3)cc(N(c3ccccc3)c3ccc4c(c3)sc3cc(C5(c6cccc(-c7ccccc7)c6)c6ccccc6-c6cc7ccccc7cc65)ccc34)c2)cc1. The summed E-state index contributed by atoms with van der Waals surface area (Å²) in [5.74, 6) is 0. The molecule has 0 aliphatic heterocycles. The molecule has 13 rings (SSSR count). The van der Waals surface area contributed by atoms with Crippen LogP contribution in [0.5, 0.6) is 0 Å². The van der Waals surface area contributed by atoms with Crippen molar-refractivity contribution in [1.29, 1.82) is 0 Å². The average Bonchev–Trinajstić information content (AvgIpc) is 3.91. The van der Waals surface area contributed by atoms with E-state index in [0.29, 0.717) is 0 Å². The summed E-state index contributed by atoms with van der Waals surface area (Å²) in [5, 5.41) is 5.05. The molecule has 0 saturated heterocycles. The molecule has 0 fully saturated rings. The van der Waals surface area contributed by atoms with Crippen LogP contribution in [0.4, 0.5) is 17.1 Å². The molecule has 314 valence electrons. The maximum Gasteiger partial charge on any atom is 0.0714 e. The molecule has 0 bridgehead atoms. The molecule has 2 heteroatoms. The minimum absolute atomic E-state index is 0.555. The lowest BCUT2D eigenvalue weighted by Gasteiger charge is -2.34. The molecule has 1 aromatic heterocycles. The topological polar surface area (TPSA) is 3.24 Å². The van der Waals surface area contributed by atoms with Crippen LogP contribution in [-0.2, 0) is 5.41 Å². The van der Waals surface area contributed by atoms with Gasteiger partial charge in [0.25, 0.3) is 0 Å². The van der Waals surface area contributed by atoms with Gasteiger partial charge in [-0.25, -0.2) is 0 Å². The van der Waals surface area contributed by atoms with Crippen LogP contribution in [0.25, 0.3) is 75.5 Å². The molecule has 0 amide bonds. The summed E-state index contributed by atoms with van der Waals surface area (Å²) in [6.45, 7) is 0. The average molecular weight is 870 g/mol. The molecule has 12 aromatic rings. The Labute approximate surface area is 395 Å². The normalized spacial score (nSPS) is 14.0. The maximum atomic E-state index is 2.50. The Morgan fingerprint density at radius 3 is 1.51 bits per heavy atom. The number of benzene rings is 11. The molecule has 1 unspecified atom stereocenters. The number of para-hydroxylation sites is 1. The first-order chi connectivity index (χ1) is 33.2. The van der Waals surface area contributed by atoms with Gasteiger partial charge in [0, 0.05) is 37.2 Å². The second-order valence-electron chi connectivity index (χ2n) is 17.7. The monoisotopic (exact) mass is 869 g/mol. The first-order valence-corrected chi connectivity index (χ1v) is 23.9. The molecule has 1 nitrogen and oxygen atoms in total. The second-order valence-corrected chi connectivity index (χ2v) is 18.7. The third-order valence-electron chi connectivity index (χ3n) is 13.9. The summed E-state index contributed by atoms with van der Waals surface area (Å²) in [6, 6.07) is 96.5. The summed E-state index contributed by atoms with van der Waals surface area (Å²) >= 11 is 1.89. The van der Waals surface area contributed by atoms with Gasteiger partial charge in [0.2, 0.25) is 0 Å². The van der Waals surface area contributed by atoms with Crippen LogP contribution in [0, 0.1) is 0 Å². The summed E-state index contributed by atoms with van der Waals surface area (Å²) in [6.07, 6.45) is 0. The van der Waals surface area contributed by atoms with E-state index in [9.17, 15) is 0 Å². The Bertz CT molecular complexity index is 3740. The number of thiophene rings is 1. The van der Waals surface area contributed by atoms with Crippen molar-refractivity contribution in [3.8, 4) is 44.5 Å².